The number of carboxylic acid groups (broad SMARTS) is 5. The fourth-order valence-corrected chi connectivity index (χ4v) is 5.74. The van der Waals surface area contributed by atoms with E-state index in [0.717, 1.165) is 40.7 Å². The van der Waals surface area contributed by atoms with Gasteiger partial charge in [0.05, 0.1) is 18.8 Å². The molecule has 2 radical (unpaired) electrons. The summed E-state index contributed by atoms with van der Waals surface area (Å²) in [5.74, 6) is -6.62. The Bertz CT molecular complexity index is 1450. The van der Waals surface area contributed by atoms with Crippen LogP contribution in [0.2, 0.25) is 0 Å². The summed E-state index contributed by atoms with van der Waals surface area (Å²) in [5.41, 5.74) is 9.20. The minimum absolute atomic E-state index is 0. The maximum atomic E-state index is 12.2. The summed E-state index contributed by atoms with van der Waals surface area (Å²) >= 11 is 0. The van der Waals surface area contributed by atoms with Crippen LogP contribution < -0.4 is 5.11 Å². The number of aliphatic carboxylic acids is 5. The average molecular weight is 1130 g/mol. The number of hydrogen-bond donors (Lipinski definition) is 5. The van der Waals surface area contributed by atoms with Crippen molar-refractivity contribution in [1.29, 1.82) is 0 Å². The first-order valence-corrected chi connectivity index (χ1v) is 24.2. The quantitative estimate of drug-likeness (QED) is 0.0638. The predicted octanol–water partition coefficient (Wildman–Crippen LogP) is 2.78. The van der Waals surface area contributed by atoms with E-state index < -0.39 is 61.4 Å². The Balaban J connectivity index is -0.0000000783. The summed E-state index contributed by atoms with van der Waals surface area (Å²) in [6.07, 6.45) is 1.46. The molecule has 1 aliphatic rings. The molecule has 20 nitrogen and oxygen atoms in total. The van der Waals surface area contributed by atoms with Crippen molar-refractivity contribution < 1.29 is 122 Å². The van der Waals surface area contributed by atoms with Crippen LogP contribution in [-0.2, 0) is 81.6 Å². The molecule has 1 heterocycles. The molecule has 26 heteroatoms. The van der Waals surface area contributed by atoms with Crippen LogP contribution in [0, 0.1) is 0 Å². The third kappa shape index (κ3) is 57.9. The molecule has 1 rings (SSSR count). The van der Waals surface area contributed by atoms with Crippen molar-refractivity contribution in [1.82, 2.24) is 9.80 Å². The molecule has 1 fully saturated rings. The Labute approximate surface area is 392 Å². The molecule has 1 aliphatic heterocycles. The van der Waals surface area contributed by atoms with E-state index in [-0.39, 0.29) is 61.5 Å². The van der Waals surface area contributed by atoms with Crippen LogP contribution in [0.5, 0.6) is 0 Å². The summed E-state index contributed by atoms with van der Waals surface area (Å²) in [6, 6.07) is 0. The standard InChI is InChI=1S/C10H21N3O2P2.C10H20NO2P.C5H12N.C2H5O3P.4C2H4O2.2Rh/c1-10(2,3)13(6-7-16)9(14)8(12-11)17(4,5)15;1-10(2,3)11-7-6-8(9(11)12)14(4,5)13;1-5(2)6(3)4;3-1(4)2(5)6;4*1-2(3)4;;/h6-7,16H2,1-5H3;8H,6-7H2,1-5H3;1-4H3;2,5H,6H2,(H,3,4);4*1H3,(H,3,4);;/q;;+1;;;;;;;/p-1/t;8-;;2-;;;;;;/m.1.1....../s1. The zero-order valence-electron chi connectivity index (χ0n) is 38.8. The van der Waals surface area contributed by atoms with Crippen molar-refractivity contribution in [3.8, 4) is 0 Å². The van der Waals surface area contributed by atoms with E-state index in [1.165, 1.54) is 19.0 Å². The Kier molecular flexibility index (Phi) is 51.3. The van der Waals surface area contributed by atoms with Gasteiger partial charge in [0.2, 0.25) is 5.91 Å². The normalized spacial score (nSPS) is 12.7. The molecule has 0 aromatic carbocycles. The Morgan fingerprint density at radius 2 is 1.13 bits per heavy atom. The molecule has 1 saturated heterocycles. The van der Waals surface area contributed by atoms with E-state index >= 15 is 0 Å². The van der Waals surface area contributed by atoms with Crippen molar-refractivity contribution in [2.24, 2.45) is 0 Å². The maximum absolute atomic E-state index is 12.2. The number of likely N-dealkylation sites (tertiary alicyclic amines) is 1. The zero-order valence-corrected chi connectivity index (χ0v) is 46.1. The fraction of sp³-hybridized carbons (Fsp3) is 0.743. The second kappa shape index (κ2) is 39.5. The second-order valence-corrected chi connectivity index (χ2v) is 23.1. The number of carbonyl (C=O) groups excluding carboxylic acids is 3. The third-order valence-corrected chi connectivity index (χ3v) is 9.89. The van der Waals surface area contributed by atoms with Gasteiger partial charge in [-0.25, -0.2) is 4.58 Å². The van der Waals surface area contributed by atoms with Gasteiger partial charge >= 0.3 is 11.4 Å². The van der Waals surface area contributed by atoms with Crippen LogP contribution in [0.3, 0.4) is 0 Å². The van der Waals surface area contributed by atoms with Crippen molar-refractivity contribution >= 4 is 85.6 Å². The number of amides is 2. The number of carbonyl (C=O) groups is 7. The van der Waals surface area contributed by atoms with Crippen LogP contribution in [0.1, 0.15) is 89.5 Å². The second-order valence-electron chi connectivity index (χ2n) is 15.3. The van der Waals surface area contributed by atoms with Crippen LogP contribution in [0.25, 0.3) is 5.53 Å². The molecule has 0 spiro atoms. The molecule has 0 aromatic rings. The van der Waals surface area contributed by atoms with Crippen molar-refractivity contribution in [2.75, 3.05) is 60.0 Å². The summed E-state index contributed by atoms with van der Waals surface area (Å²) < 4.78 is 25.8. The van der Waals surface area contributed by atoms with Crippen molar-refractivity contribution in [3.05, 3.63) is 5.53 Å². The molecule has 0 aromatic heterocycles. The van der Waals surface area contributed by atoms with Gasteiger partial charge in [-0.2, -0.15) is 4.79 Å². The summed E-state index contributed by atoms with van der Waals surface area (Å²) in [6.45, 7) is 27.7. The van der Waals surface area contributed by atoms with Gasteiger partial charge < -0.3 is 59.9 Å². The molecular formula is C35H73N5O15P4Rh2. The van der Waals surface area contributed by atoms with E-state index in [2.05, 4.69) is 32.5 Å². The minimum atomic E-state index is -2.88. The molecule has 5 N–H and O–H groups in total. The SMILES string of the molecule is CC(=O)O.CC(=O)O.CC(=O)O.CC(=O)O.CC(C)(C)N(CCP)C(=O)C(=[N+]=[N-])P(C)(C)=O.CC(C)(C)N1CC[C@@H](P(C)(C)=O)C1=O.CC(C)=[N+](C)C.O=C([O-])[C@H](O)P.[Rh].[Rh]. The molecule has 4 atom stereocenters. The molecule has 2 amide bonds. The van der Waals surface area contributed by atoms with Gasteiger partial charge in [0.1, 0.15) is 25.7 Å². The number of nitrogens with zero attached hydrogens (tertiary/aromatic N) is 5. The van der Waals surface area contributed by atoms with Gasteiger partial charge in [-0.1, -0.05) is 0 Å². The minimum Gasteiger partial charge on any atom is -0.547 e. The van der Waals surface area contributed by atoms with Crippen LogP contribution in [0.15, 0.2) is 0 Å². The number of carboxylic acids is 5. The van der Waals surface area contributed by atoms with Gasteiger partial charge in [-0.05, 0) is 80.8 Å². The van der Waals surface area contributed by atoms with Crippen molar-refractivity contribution in [3.63, 3.8) is 0 Å². The van der Waals surface area contributed by atoms with Gasteiger partial charge in [0.25, 0.3) is 23.9 Å². The molecule has 2 unspecified atom stereocenters. The molecule has 0 saturated carbocycles. The van der Waals surface area contributed by atoms with Gasteiger partial charge in [0, 0.05) is 105 Å². The summed E-state index contributed by atoms with van der Waals surface area (Å²) in [7, 11) is 3.14. The van der Waals surface area contributed by atoms with Crippen molar-refractivity contribution in [2.45, 2.75) is 112 Å². The molecule has 366 valence electrons. The van der Waals surface area contributed by atoms with E-state index in [9.17, 15) is 28.6 Å². The predicted molar refractivity (Wildman–Crippen MR) is 236 cm³/mol. The van der Waals surface area contributed by atoms with Crippen LogP contribution >= 0.6 is 32.8 Å². The van der Waals surface area contributed by atoms with Gasteiger partial charge in [-0.3, -0.25) is 28.8 Å². The van der Waals surface area contributed by atoms with E-state index in [1.54, 1.807) is 27.5 Å². The van der Waals surface area contributed by atoms with Crippen LogP contribution in [0.4, 0.5) is 0 Å². The number of aliphatic hydroxyl groups excluding tert-OH is 1. The molecule has 0 aliphatic carbocycles. The Morgan fingerprint density at radius 3 is 1.25 bits per heavy atom. The molecular weight excluding hydrogens is 1060 g/mol. The summed E-state index contributed by atoms with van der Waals surface area (Å²) in [4.78, 5) is 75.8. The van der Waals surface area contributed by atoms with E-state index in [1.807, 2.05) is 60.5 Å². The first-order valence-electron chi connectivity index (χ1n) is 17.5. The largest absolute Gasteiger partial charge is 0.547 e. The van der Waals surface area contributed by atoms with E-state index in [0.29, 0.717) is 12.7 Å². The summed E-state index contributed by atoms with van der Waals surface area (Å²) in [5, 5.41) is 46.9. The van der Waals surface area contributed by atoms with Crippen LogP contribution in [-0.4, -0.2) is 180 Å². The zero-order chi connectivity index (χ0) is 49.6. The number of aliphatic hydroxyl groups is 1. The topological polar surface area (TPSA) is 324 Å². The third-order valence-electron chi connectivity index (χ3n) is 6.08. The van der Waals surface area contributed by atoms with Gasteiger partial charge in [0.15, 0.2) is 7.14 Å². The monoisotopic (exact) mass is 1130 g/mol. The molecule has 0 bridgehead atoms. The average Bonchev–Trinajstić information content (AvgIpc) is 3.37. The molecule has 61 heavy (non-hydrogen) atoms. The number of hydrogen-bond acceptors (Lipinski definition) is 11. The Hall–Kier alpha value is -2.13. The van der Waals surface area contributed by atoms with E-state index in [4.69, 9.17) is 50.2 Å². The smallest absolute Gasteiger partial charge is 0.410 e. The maximum Gasteiger partial charge on any atom is 0.410 e. The number of rotatable bonds is 6. The van der Waals surface area contributed by atoms with Gasteiger partial charge in [-0.15, -0.1) is 18.5 Å². The first-order chi connectivity index (χ1) is 25.9. The fourth-order valence-electron chi connectivity index (χ4n) is 3.28. The Morgan fingerprint density at radius 1 is 0.852 bits per heavy atom. The first kappa shape index (κ1) is 79.3.